The van der Waals surface area contributed by atoms with Crippen molar-refractivity contribution in [3.05, 3.63) is 0 Å². The van der Waals surface area contributed by atoms with E-state index in [9.17, 15) is 9.90 Å². The van der Waals surface area contributed by atoms with Gasteiger partial charge in [-0.25, -0.2) is 0 Å². The second-order valence-corrected chi connectivity index (χ2v) is 7.67. The zero-order valence-corrected chi connectivity index (χ0v) is 14.1. The predicted molar refractivity (Wildman–Crippen MR) is 82.1 cm³/mol. The van der Waals surface area contributed by atoms with Gasteiger partial charge in [0.15, 0.2) is 0 Å². The third-order valence-corrected chi connectivity index (χ3v) is 5.03. The number of morpholine rings is 1. The minimum Gasteiger partial charge on any atom is -0.388 e. The molecule has 0 radical (unpaired) electrons. The predicted octanol–water partition coefficient (Wildman–Crippen LogP) is 1.11. The van der Waals surface area contributed by atoms with Crippen LogP contribution in [-0.4, -0.2) is 71.3 Å². The maximum absolute atomic E-state index is 12.4. The molecule has 0 saturated carbocycles. The van der Waals surface area contributed by atoms with Crippen LogP contribution in [0.3, 0.4) is 0 Å². The van der Waals surface area contributed by atoms with Crippen molar-refractivity contribution in [1.82, 2.24) is 9.80 Å². The summed E-state index contributed by atoms with van der Waals surface area (Å²) in [6, 6.07) is 0. The maximum Gasteiger partial charge on any atom is 0.223 e. The first-order valence-corrected chi connectivity index (χ1v) is 7.99. The van der Waals surface area contributed by atoms with Gasteiger partial charge in [0.25, 0.3) is 0 Å². The van der Waals surface area contributed by atoms with Gasteiger partial charge < -0.3 is 14.7 Å². The van der Waals surface area contributed by atoms with Gasteiger partial charge in [-0.1, -0.05) is 13.8 Å². The monoisotopic (exact) mass is 298 g/mol. The number of rotatable bonds is 3. The normalized spacial score (nSPS) is 37.0. The van der Waals surface area contributed by atoms with E-state index in [4.69, 9.17) is 4.74 Å². The third kappa shape index (κ3) is 3.76. The summed E-state index contributed by atoms with van der Waals surface area (Å²) in [5.41, 5.74) is -1.05. The molecule has 5 heteroatoms. The van der Waals surface area contributed by atoms with Crippen molar-refractivity contribution in [2.24, 2.45) is 5.41 Å². The van der Waals surface area contributed by atoms with Crippen molar-refractivity contribution < 1.29 is 14.6 Å². The number of hydrogen-bond donors (Lipinski definition) is 1. The van der Waals surface area contributed by atoms with Crippen LogP contribution >= 0.6 is 0 Å². The first kappa shape index (κ1) is 16.7. The van der Waals surface area contributed by atoms with E-state index < -0.39 is 5.60 Å². The molecule has 0 aromatic heterocycles. The average molecular weight is 298 g/mol. The molecular formula is C16H30N2O3. The molecule has 1 N–H and O–H groups in total. The smallest absolute Gasteiger partial charge is 0.223 e. The largest absolute Gasteiger partial charge is 0.388 e. The highest BCUT2D eigenvalue weighted by molar-refractivity contribution is 5.77. The van der Waals surface area contributed by atoms with Gasteiger partial charge >= 0.3 is 0 Å². The lowest BCUT2D eigenvalue weighted by Crippen LogP contribution is -2.46. The molecule has 0 bridgehead atoms. The second kappa shape index (κ2) is 5.86. The van der Waals surface area contributed by atoms with Crippen LogP contribution in [0.2, 0.25) is 0 Å². The van der Waals surface area contributed by atoms with E-state index in [-0.39, 0.29) is 23.5 Å². The first-order chi connectivity index (χ1) is 9.60. The quantitative estimate of drug-likeness (QED) is 0.848. The number of hydrogen-bond acceptors (Lipinski definition) is 4. The number of amides is 1. The Morgan fingerprint density at radius 1 is 1.19 bits per heavy atom. The molecule has 2 saturated heterocycles. The van der Waals surface area contributed by atoms with Crippen LogP contribution in [0.4, 0.5) is 0 Å². The fraction of sp³-hybridized carbons (Fsp3) is 0.938. The Morgan fingerprint density at radius 3 is 2.24 bits per heavy atom. The van der Waals surface area contributed by atoms with E-state index in [2.05, 4.69) is 18.7 Å². The highest BCUT2D eigenvalue weighted by atomic mass is 16.5. The molecular weight excluding hydrogens is 268 g/mol. The molecule has 3 atom stereocenters. The summed E-state index contributed by atoms with van der Waals surface area (Å²) in [6.45, 7) is 13.6. The molecule has 0 aromatic rings. The summed E-state index contributed by atoms with van der Waals surface area (Å²) < 4.78 is 5.71. The van der Waals surface area contributed by atoms with Crippen LogP contribution in [0.25, 0.3) is 0 Å². The SMILES string of the molecule is C[C@@H]1CN(CCC(=O)N2CC(C)(C)[C@@](C)(O)C2)C[C@H](C)O1. The van der Waals surface area contributed by atoms with Crippen LogP contribution in [0.5, 0.6) is 0 Å². The molecule has 0 unspecified atom stereocenters. The zero-order chi connectivity index (χ0) is 15.8. The van der Waals surface area contributed by atoms with Gasteiger partial charge in [0.2, 0.25) is 5.91 Å². The molecule has 2 aliphatic rings. The lowest BCUT2D eigenvalue weighted by Gasteiger charge is -2.35. The van der Waals surface area contributed by atoms with Gasteiger partial charge in [0.1, 0.15) is 0 Å². The lowest BCUT2D eigenvalue weighted by atomic mass is 9.79. The van der Waals surface area contributed by atoms with Gasteiger partial charge in [0.05, 0.1) is 17.8 Å². The average Bonchev–Trinajstić information content (AvgIpc) is 2.54. The highest BCUT2D eigenvalue weighted by Gasteiger charge is 2.48. The van der Waals surface area contributed by atoms with Gasteiger partial charge in [-0.3, -0.25) is 9.69 Å². The molecule has 122 valence electrons. The third-order valence-electron chi connectivity index (χ3n) is 5.03. The molecule has 0 aromatic carbocycles. The van der Waals surface area contributed by atoms with E-state index in [0.29, 0.717) is 19.5 Å². The molecule has 0 aliphatic carbocycles. The molecule has 21 heavy (non-hydrogen) atoms. The summed E-state index contributed by atoms with van der Waals surface area (Å²) >= 11 is 0. The van der Waals surface area contributed by atoms with Crippen molar-refractivity contribution >= 4 is 5.91 Å². The Kier molecular flexibility index (Phi) is 4.66. The Labute approximate surface area is 128 Å². The van der Waals surface area contributed by atoms with Crippen molar-refractivity contribution in [3.63, 3.8) is 0 Å². The number of aliphatic hydroxyl groups is 1. The van der Waals surface area contributed by atoms with Gasteiger partial charge in [-0.05, 0) is 20.8 Å². The number of β-amino-alcohol motifs (C(OH)–C–C–N with tert-alkyl or cyclic N) is 1. The maximum atomic E-state index is 12.4. The Bertz CT molecular complexity index is 369. The standard InChI is InChI=1S/C16H30N2O3/c1-12-8-17(9-13(2)21-12)7-6-14(19)18-10-15(3,4)16(5,20)11-18/h12-13,20H,6-11H2,1-5H3/t12-,13+,16-/m0/s1. The van der Waals surface area contributed by atoms with E-state index in [1.165, 1.54) is 0 Å². The number of carbonyl (C=O) groups excluding carboxylic acids is 1. The summed E-state index contributed by atoms with van der Waals surface area (Å²) in [4.78, 5) is 16.5. The van der Waals surface area contributed by atoms with Crippen molar-refractivity contribution in [2.45, 2.75) is 58.8 Å². The Morgan fingerprint density at radius 2 is 1.76 bits per heavy atom. The van der Waals surface area contributed by atoms with Crippen molar-refractivity contribution in [1.29, 1.82) is 0 Å². The number of likely N-dealkylation sites (tertiary alicyclic amines) is 1. The minimum atomic E-state index is -0.801. The van der Waals surface area contributed by atoms with E-state index >= 15 is 0 Å². The molecule has 1 amide bonds. The van der Waals surface area contributed by atoms with E-state index in [0.717, 1.165) is 19.6 Å². The molecule has 0 spiro atoms. The van der Waals surface area contributed by atoms with Crippen molar-refractivity contribution in [2.75, 3.05) is 32.7 Å². The van der Waals surface area contributed by atoms with Gasteiger partial charge in [0, 0.05) is 44.6 Å². The Balaban J connectivity index is 1.83. The van der Waals surface area contributed by atoms with E-state index in [1.54, 1.807) is 0 Å². The summed E-state index contributed by atoms with van der Waals surface area (Å²) in [5.74, 6) is 0.146. The number of nitrogens with zero attached hydrogens (tertiary/aromatic N) is 2. The fourth-order valence-corrected chi connectivity index (χ4v) is 3.34. The molecule has 5 nitrogen and oxygen atoms in total. The number of ether oxygens (including phenoxy) is 1. The zero-order valence-electron chi connectivity index (χ0n) is 14.1. The second-order valence-electron chi connectivity index (χ2n) is 7.67. The highest BCUT2D eigenvalue weighted by Crippen LogP contribution is 2.38. The van der Waals surface area contributed by atoms with Gasteiger partial charge in [-0.15, -0.1) is 0 Å². The van der Waals surface area contributed by atoms with Crippen LogP contribution in [0.1, 0.15) is 41.0 Å². The number of carbonyl (C=O) groups is 1. The minimum absolute atomic E-state index is 0.146. The molecule has 2 aliphatic heterocycles. The van der Waals surface area contributed by atoms with Crippen LogP contribution in [0.15, 0.2) is 0 Å². The lowest BCUT2D eigenvalue weighted by molar-refractivity contribution is -0.132. The van der Waals surface area contributed by atoms with Gasteiger partial charge in [-0.2, -0.15) is 0 Å². The Hall–Kier alpha value is -0.650. The van der Waals surface area contributed by atoms with Crippen LogP contribution < -0.4 is 0 Å². The van der Waals surface area contributed by atoms with E-state index in [1.807, 2.05) is 25.7 Å². The molecule has 2 fully saturated rings. The topological polar surface area (TPSA) is 53.0 Å². The van der Waals surface area contributed by atoms with Crippen LogP contribution in [0, 0.1) is 5.41 Å². The summed E-state index contributed by atoms with van der Waals surface area (Å²) in [6.07, 6.45) is 0.983. The fourth-order valence-electron chi connectivity index (χ4n) is 3.34. The summed E-state index contributed by atoms with van der Waals surface area (Å²) in [5, 5.41) is 10.4. The summed E-state index contributed by atoms with van der Waals surface area (Å²) in [7, 11) is 0. The molecule has 2 heterocycles. The first-order valence-electron chi connectivity index (χ1n) is 7.99. The van der Waals surface area contributed by atoms with Crippen LogP contribution in [-0.2, 0) is 9.53 Å². The van der Waals surface area contributed by atoms with Crippen molar-refractivity contribution in [3.8, 4) is 0 Å². The molecule has 2 rings (SSSR count).